The molecule has 0 bridgehead atoms. The van der Waals surface area contributed by atoms with Crippen LogP contribution in [0.2, 0.25) is 0 Å². The zero-order valence-electron chi connectivity index (χ0n) is 22.9. The zero-order chi connectivity index (χ0) is 28.3. The van der Waals surface area contributed by atoms with E-state index in [1.807, 2.05) is 87.5 Å². The van der Waals surface area contributed by atoms with Crippen molar-refractivity contribution in [1.82, 2.24) is 0 Å². The van der Waals surface area contributed by atoms with E-state index in [0.29, 0.717) is 24.0 Å². The van der Waals surface area contributed by atoms with E-state index in [-0.39, 0.29) is 5.78 Å². The van der Waals surface area contributed by atoms with Crippen molar-refractivity contribution >= 4 is 5.78 Å². The molecule has 1 aliphatic rings. The highest BCUT2D eigenvalue weighted by atomic mass is 16.5. The van der Waals surface area contributed by atoms with E-state index in [1.54, 1.807) is 7.11 Å². The molecule has 0 spiro atoms. The van der Waals surface area contributed by atoms with Gasteiger partial charge in [-0.3, -0.25) is 4.79 Å². The van der Waals surface area contributed by atoms with Crippen molar-refractivity contribution in [3.05, 3.63) is 100 Å². The van der Waals surface area contributed by atoms with Crippen LogP contribution in [0.4, 0.5) is 0 Å². The van der Waals surface area contributed by atoms with Crippen molar-refractivity contribution in [1.29, 1.82) is 0 Å². The second kappa shape index (κ2) is 12.0. The Morgan fingerprint density at radius 2 is 1.49 bits per heavy atom. The second-order valence-electron chi connectivity index (χ2n) is 11.2. The minimum atomic E-state index is -1.55. The molecule has 1 unspecified atom stereocenters. The van der Waals surface area contributed by atoms with Gasteiger partial charge in [-0.2, -0.15) is 0 Å². The highest BCUT2D eigenvalue weighted by Crippen LogP contribution is 2.39. The topological polar surface area (TPSA) is 116 Å². The molecule has 1 heterocycles. The summed E-state index contributed by atoms with van der Waals surface area (Å²) in [5.74, 6) is 0.616. The lowest BCUT2D eigenvalue weighted by Gasteiger charge is -2.41. The number of ketones is 1. The Balaban J connectivity index is 1.90. The van der Waals surface area contributed by atoms with Crippen LogP contribution >= 0.6 is 0 Å². The molecule has 1 saturated heterocycles. The summed E-state index contributed by atoms with van der Waals surface area (Å²) in [7, 11) is 1.62. The number of benzene rings is 3. The van der Waals surface area contributed by atoms with E-state index in [1.165, 1.54) is 0 Å². The minimum absolute atomic E-state index is 0.139. The number of carbonyl (C=O) groups excluding carboxylic acids is 1. The molecule has 0 saturated carbocycles. The Kier molecular flexibility index (Phi) is 8.89. The monoisotopic (exact) mass is 534 g/mol. The lowest BCUT2D eigenvalue weighted by Crippen LogP contribution is -2.55. The van der Waals surface area contributed by atoms with E-state index in [0.717, 1.165) is 28.0 Å². The third-order valence-electron chi connectivity index (χ3n) is 7.23. The molecule has 39 heavy (non-hydrogen) atoms. The molecule has 1 aliphatic heterocycles. The molecule has 7 heteroatoms. The number of aliphatic hydroxyl groups is 4. The van der Waals surface area contributed by atoms with Crippen LogP contribution in [0.3, 0.4) is 0 Å². The summed E-state index contributed by atoms with van der Waals surface area (Å²) in [6, 6.07) is 21.4. The van der Waals surface area contributed by atoms with Gasteiger partial charge in [0.1, 0.15) is 36.3 Å². The molecule has 3 aromatic carbocycles. The minimum Gasteiger partial charge on any atom is -0.497 e. The lowest BCUT2D eigenvalue weighted by atomic mass is 9.78. The molecule has 1 fully saturated rings. The highest BCUT2D eigenvalue weighted by Gasteiger charge is 2.46. The van der Waals surface area contributed by atoms with Crippen LogP contribution in [0.15, 0.2) is 66.7 Å². The third kappa shape index (κ3) is 6.40. The second-order valence-corrected chi connectivity index (χ2v) is 11.2. The molecule has 7 nitrogen and oxygen atoms in total. The normalized spacial score (nSPS) is 23.4. The van der Waals surface area contributed by atoms with Crippen molar-refractivity contribution < 1.29 is 34.7 Å². The van der Waals surface area contributed by atoms with Crippen molar-refractivity contribution in [2.45, 2.75) is 64.1 Å². The maximum absolute atomic E-state index is 13.9. The van der Waals surface area contributed by atoms with Crippen LogP contribution in [0.5, 0.6) is 5.75 Å². The van der Waals surface area contributed by atoms with Crippen molar-refractivity contribution in [3.8, 4) is 5.75 Å². The molecule has 4 rings (SSSR count). The van der Waals surface area contributed by atoms with Crippen molar-refractivity contribution in [3.63, 3.8) is 0 Å². The van der Waals surface area contributed by atoms with E-state index >= 15 is 0 Å². The van der Waals surface area contributed by atoms with Gasteiger partial charge < -0.3 is 29.9 Å². The molecule has 208 valence electrons. The third-order valence-corrected chi connectivity index (χ3v) is 7.23. The van der Waals surface area contributed by atoms with E-state index in [2.05, 4.69) is 0 Å². The fraction of sp³-hybridized carbons (Fsp3) is 0.406. The maximum atomic E-state index is 13.9. The van der Waals surface area contributed by atoms with Crippen molar-refractivity contribution in [2.75, 3.05) is 13.7 Å². The Morgan fingerprint density at radius 3 is 2.08 bits per heavy atom. The Morgan fingerprint density at radius 1 is 0.846 bits per heavy atom. The van der Waals surface area contributed by atoms with Gasteiger partial charge in [-0.1, -0.05) is 69.3 Å². The number of aliphatic hydroxyl groups excluding tert-OH is 4. The summed E-state index contributed by atoms with van der Waals surface area (Å²) in [6.07, 6.45) is -5.75. The Labute approximate surface area is 229 Å². The van der Waals surface area contributed by atoms with Crippen LogP contribution < -0.4 is 4.74 Å². The summed E-state index contributed by atoms with van der Waals surface area (Å²) < 4.78 is 11.3. The molecule has 3 aromatic rings. The van der Waals surface area contributed by atoms with E-state index in [9.17, 15) is 25.2 Å². The first-order chi connectivity index (χ1) is 18.5. The average Bonchev–Trinajstić information content (AvgIpc) is 2.92. The van der Waals surface area contributed by atoms with Gasteiger partial charge in [0.2, 0.25) is 0 Å². The quantitative estimate of drug-likeness (QED) is 0.326. The van der Waals surface area contributed by atoms with Gasteiger partial charge in [-0.15, -0.1) is 0 Å². The first-order valence-corrected chi connectivity index (χ1v) is 13.2. The smallest absolute Gasteiger partial charge is 0.168 e. The predicted octanol–water partition coefficient (Wildman–Crippen LogP) is 3.62. The van der Waals surface area contributed by atoms with E-state index < -0.39 is 42.5 Å². The van der Waals surface area contributed by atoms with Crippen LogP contribution in [0.1, 0.15) is 65.1 Å². The van der Waals surface area contributed by atoms with Crippen LogP contribution in [-0.4, -0.2) is 64.3 Å². The lowest BCUT2D eigenvalue weighted by molar-refractivity contribution is -0.232. The average molecular weight is 535 g/mol. The van der Waals surface area contributed by atoms with Gasteiger partial charge in [-0.05, 0) is 58.9 Å². The predicted molar refractivity (Wildman–Crippen MR) is 148 cm³/mol. The number of hydrogen-bond donors (Lipinski definition) is 4. The SMILES string of the molecule is COc1ccc(Cc2cc(Cc3ccccc3)c(C3O[C@H](CO)[C@H](O)[C@H](O)[C@H]3O)c(C(=O)C(C)(C)C)c2)cc1. The maximum Gasteiger partial charge on any atom is 0.168 e. The van der Waals surface area contributed by atoms with E-state index in [4.69, 9.17) is 9.47 Å². The van der Waals surface area contributed by atoms with Crippen LogP contribution in [-0.2, 0) is 17.6 Å². The van der Waals surface area contributed by atoms with Gasteiger partial charge in [0.05, 0.1) is 13.7 Å². The summed E-state index contributed by atoms with van der Waals surface area (Å²) in [4.78, 5) is 13.9. The first-order valence-electron chi connectivity index (χ1n) is 13.2. The number of ether oxygens (including phenoxy) is 2. The molecule has 4 N–H and O–H groups in total. The van der Waals surface area contributed by atoms with Crippen LogP contribution in [0.25, 0.3) is 0 Å². The summed E-state index contributed by atoms with van der Waals surface area (Å²) in [5.41, 5.74) is 3.83. The van der Waals surface area contributed by atoms with Crippen LogP contribution in [0, 0.1) is 5.41 Å². The molecular formula is C32H38O7. The molecule has 0 aliphatic carbocycles. The fourth-order valence-corrected chi connectivity index (χ4v) is 5.09. The number of methoxy groups -OCH3 is 1. The number of carbonyl (C=O) groups is 1. The summed E-state index contributed by atoms with van der Waals surface area (Å²) >= 11 is 0. The van der Waals surface area contributed by atoms with Gasteiger partial charge >= 0.3 is 0 Å². The molecule has 0 amide bonds. The molecule has 5 atom stereocenters. The van der Waals surface area contributed by atoms with Gasteiger partial charge in [0, 0.05) is 11.0 Å². The highest BCUT2D eigenvalue weighted by molar-refractivity contribution is 6.01. The fourth-order valence-electron chi connectivity index (χ4n) is 5.09. The number of rotatable bonds is 8. The van der Waals surface area contributed by atoms with Gasteiger partial charge in [0.15, 0.2) is 5.78 Å². The zero-order valence-corrected chi connectivity index (χ0v) is 22.9. The number of hydrogen-bond acceptors (Lipinski definition) is 7. The number of Topliss-reactive ketones (excluding diaryl/α,β-unsaturated/α-hetero) is 1. The summed E-state index contributed by atoms with van der Waals surface area (Å²) in [5, 5.41) is 41.9. The van der Waals surface area contributed by atoms with Gasteiger partial charge in [-0.25, -0.2) is 0 Å². The Hall–Kier alpha value is -3.07. The van der Waals surface area contributed by atoms with Crippen molar-refractivity contribution in [2.24, 2.45) is 5.41 Å². The standard InChI is InChI=1S/C32H38O7/c1-32(2,3)31(37)24-17-21(14-20-10-12-23(38-4)13-11-20)16-22(15-19-8-6-5-7-9-19)26(24)30-29(36)28(35)27(34)25(18-33)39-30/h5-13,16-17,25,27-30,33-36H,14-15,18H2,1-4H3/t25-,27+,28+,29-,30?/m1/s1. The molecular weight excluding hydrogens is 496 g/mol. The van der Waals surface area contributed by atoms with Gasteiger partial charge in [0.25, 0.3) is 0 Å². The molecule has 0 radical (unpaired) electrons. The largest absolute Gasteiger partial charge is 0.497 e. The Bertz CT molecular complexity index is 1260. The molecule has 0 aromatic heterocycles. The first kappa shape index (κ1) is 28.9. The summed E-state index contributed by atoms with van der Waals surface area (Å²) in [6.45, 7) is 4.95.